The standard InChI is InChI=1S/C19H18ClN3O2/c1-14-11-16(20)7-8-17(14)25-13-19(24)22-18-9-10-21-23(18)12-15-5-3-2-4-6-15/h2-11H,12-13H2,1H3,(H,22,24). The first kappa shape index (κ1) is 17.0. The number of halogens is 1. The highest BCUT2D eigenvalue weighted by atomic mass is 35.5. The van der Waals surface area contributed by atoms with Gasteiger partial charge >= 0.3 is 0 Å². The van der Waals surface area contributed by atoms with Crippen molar-refractivity contribution < 1.29 is 9.53 Å². The number of anilines is 1. The summed E-state index contributed by atoms with van der Waals surface area (Å²) >= 11 is 5.91. The molecule has 1 amide bonds. The summed E-state index contributed by atoms with van der Waals surface area (Å²) in [5.74, 6) is 1.02. The zero-order valence-electron chi connectivity index (χ0n) is 13.8. The van der Waals surface area contributed by atoms with Gasteiger partial charge in [-0.25, -0.2) is 4.68 Å². The number of aryl methyl sites for hydroxylation is 1. The first-order chi connectivity index (χ1) is 12.1. The van der Waals surface area contributed by atoms with Crippen molar-refractivity contribution in [3.8, 4) is 5.75 Å². The Morgan fingerprint density at radius 2 is 2.00 bits per heavy atom. The number of amides is 1. The number of aromatic nitrogens is 2. The summed E-state index contributed by atoms with van der Waals surface area (Å²) < 4.78 is 7.30. The van der Waals surface area contributed by atoms with Gasteiger partial charge in [-0.3, -0.25) is 4.79 Å². The van der Waals surface area contributed by atoms with E-state index >= 15 is 0 Å². The van der Waals surface area contributed by atoms with Crippen LogP contribution >= 0.6 is 11.6 Å². The average Bonchev–Trinajstić information content (AvgIpc) is 3.02. The lowest BCUT2D eigenvalue weighted by Gasteiger charge is -2.11. The molecule has 0 atom stereocenters. The van der Waals surface area contributed by atoms with Crippen molar-refractivity contribution in [1.82, 2.24) is 9.78 Å². The van der Waals surface area contributed by atoms with Crippen LogP contribution in [0.5, 0.6) is 5.75 Å². The van der Waals surface area contributed by atoms with E-state index in [4.69, 9.17) is 16.3 Å². The number of nitrogens with zero attached hydrogens (tertiary/aromatic N) is 2. The molecule has 0 radical (unpaired) electrons. The summed E-state index contributed by atoms with van der Waals surface area (Å²) in [5, 5.41) is 7.71. The highest BCUT2D eigenvalue weighted by Gasteiger charge is 2.09. The summed E-state index contributed by atoms with van der Waals surface area (Å²) in [4.78, 5) is 12.2. The van der Waals surface area contributed by atoms with E-state index in [0.29, 0.717) is 23.1 Å². The van der Waals surface area contributed by atoms with Gasteiger partial charge in [-0.2, -0.15) is 5.10 Å². The number of nitrogens with one attached hydrogen (secondary N) is 1. The first-order valence-electron chi connectivity index (χ1n) is 7.86. The Morgan fingerprint density at radius 1 is 1.20 bits per heavy atom. The molecule has 1 aromatic heterocycles. The Hall–Kier alpha value is -2.79. The molecule has 2 aromatic carbocycles. The molecule has 0 aliphatic carbocycles. The molecular weight excluding hydrogens is 338 g/mol. The summed E-state index contributed by atoms with van der Waals surface area (Å²) in [6, 6.07) is 17.0. The van der Waals surface area contributed by atoms with Crippen molar-refractivity contribution in [2.45, 2.75) is 13.5 Å². The molecule has 0 saturated heterocycles. The third kappa shape index (κ3) is 4.61. The van der Waals surface area contributed by atoms with Gasteiger partial charge in [0.15, 0.2) is 6.61 Å². The molecule has 128 valence electrons. The van der Waals surface area contributed by atoms with Crippen LogP contribution in [0.1, 0.15) is 11.1 Å². The van der Waals surface area contributed by atoms with Gasteiger partial charge in [0.25, 0.3) is 5.91 Å². The number of hydrogen-bond acceptors (Lipinski definition) is 3. The normalized spacial score (nSPS) is 10.5. The van der Waals surface area contributed by atoms with Crippen LogP contribution in [0.4, 0.5) is 5.82 Å². The third-order valence-electron chi connectivity index (χ3n) is 3.65. The van der Waals surface area contributed by atoms with Gasteiger partial charge in [-0.15, -0.1) is 0 Å². The summed E-state index contributed by atoms with van der Waals surface area (Å²) in [6.45, 7) is 2.38. The number of hydrogen-bond donors (Lipinski definition) is 1. The fourth-order valence-electron chi connectivity index (χ4n) is 2.42. The Bertz CT molecular complexity index is 862. The molecule has 6 heteroatoms. The fourth-order valence-corrected chi connectivity index (χ4v) is 2.64. The van der Waals surface area contributed by atoms with E-state index < -0.39 is 0 Å². The summed E-state index contributed by atoms with van der Waals surface area (Å²) in [5.41, 5.74) is 1.99. The predicted molar refractivity (Wildman–Crippen MR) is 98.1 cm³/mol. The zero-order valence-corrected chi connectivity index (χ0v) is 14.5. The number of ether oxygens (including phenoxy) is 1. The summed E-state index contributed by atoms with van der Waals surface area (Å²) in [6.07, 6.45) is 1.66. The Balaban J connectivity index is 1.59. The first-order valence-corrected chi connectivity index (χ1v) is 8.24. The maximum absolute atomic E-state index is 12.2. The fraction of sp³-hybridized carbons (Fsp3) is 0.158. The van der Waals surface area contributed by atoms with Crippen molar-refractivity contribution in [3.63, 3.8) is 0 Å². The van der Waals surface area contributed by atoms with Crippen LogP contribution in [0.3, 0.4) is 0 Å². The van der Waals surface area contributed by atoms with Crippen LogP contribution in [0.2, 0.25) is 5.02 Å². The molecule has 0 aliphatic rings. The van der Waals surface area contributed by atoms with Crippen molar-refractivity contribution >= 4 is 23.3 Å². The average molecular weight is 356 g/mol. The van der Waals surface area contributed by atoms with Crippen LogP contribution in [0.25, 0.3) is 0 Å². The van der Waals surface area contributed by atoms with E-state index in [0.717, 1.165) is 11.1 Å². The lowest BCUT2D eigenvalue weighted by Crippen LogP contribution is -2.22. The van der Waals surface area contributed by atoms with Crippen molar-refractivity contribution in [1.29, 1.82) is 0 Å². The summed E-state index contributed by atoms with van der Waals surface area (Å²) in [7, 11) is 0. The van der Waals surface area contributed by atoms with Gasteiger partial charge in [0, 0.05) is 11.1 Å². The number of carbonyl (C=O) groups excluding carboxylic acids is 1. The molecule has 0 unspecified atom stereocenters. The molecule has 5 nitrogen and oxygen atoms in total. The molecule has 1 N–H and O–H groups in total. The highest BCUT2D eigenvalue weighted by molar-refractivity contribution is 6.30. The number of rotatable bonds is 6. The Morgan fingerprint density at radius 3 is 2.76 bits per heavy atom. The molecular formula is C19H18ClN3O2. The van der Waals surface area contributed by atoms with Crippen molar-refractivity contribution in [3.05, 3.63) is 76.9 Å². The molecule has 0 fully saturated rings. The van der Waals surface area contributed by atoms with Gasteiger partial charge in [-0.05, 0) is 36.2 Å². The highest BCUT2D eigenvalue weighted by Crippen LogP contribution is 2.21. The number of benzene rings is 2. The van der Waals surface area contributed by atoms with Crippen molar-refractivity contribution in [2.75, 3.05) is 11.9 Å². The van der Waals surface area contributed by atoms with Gasteiger partial charge in [-0.1, -0.05) is 41.9 Å². The third-order valence-corrected chi connectivity index (χ3v) is 3.89. The van der Waals surface area contributed by atoms with Crippen LogP contribution < -0.4 is 10.1 Å². The van der Waals surface area contributed by atoms with Crippen LogP contribution in [0, 0.1) is 6.92 Å². The topological polar surface area (TPSA) is 56.1 Å². The van der Waals surface area contributed by atoms with E-state index in [-0.39, 0.29) is 12.5 Å². The SMILES string of the molecule is Cc1cc(Cl)ccc1OCC(=O)Nc1ccnn1Cc1ccccc1. The molecule has 3 aromatic rings. The van der Waals surface area contributed by atoms with Crippen molar-refractivity contribution in [2.24, 2.45) is 0 Å². The van der Waals surface area contributed by atoms with E-state index in [2.05, 4.69) is 10.4 Å². The molecule has 0 spiro atoms. The monoisotopic (exact) mass is 355 g/mol. The van der Waals surface area contributed by atoms with E-state index in [1.165, 1.54) is 0 Å². The molecule has 3 rings (SSSR count). The van der Waals surface area contributed by atoms with Gasteiger partial charge < -0.3 is 10.1 Å². The molecule has 0 aliphatic heterocycles. The molecule has 1 heterocycles. The second-order valence-corrected chi connectivity index (χ2v) is 6.04. The largest absolute Gasteiger partial charge is 0.483 e. The minimum absolute atomic E-state index is 0.0843. The second-order valence-electron chi connectivity index (χ2n) is 5.61. The van der Waals surface area contributed by atoms with E-state index in [1.807, 2.05) is 37.3 Å². The maximum atomic E-state index is 12.2. The quantitative estimate of drug-likeness (QED) is 0.729. The molecule has 0 saturated carbocycles. The van der Waals surface area contributed by atoms with Crippen LogP contribution in [0.15, 0.2) is 60.8 Å². The molecule has 25 heavy (non-hydrogen) atoms. The minimum Gasteiger partial charge on any atom is -0.483 e. The lowest BCUT2D eigenvalue weighted by atomic mass is 10.2. The molecule has 0 bridgehead atoms. The maximum Gasteiger partial charge on any atom is 0.263 e. The Labute approximate surface area is 151 Å². The van der Waals surface area contributed by atoms with E-state index in [1.54, 1.807) is 35.1 Å². The van der Waals surface area contributed by atoms with Gasteiger partial charge in [0.1, 0.15) is 11.6 Å². The predicted octanol–water partition coefficient (Wildman–Crippen LogP) is 3.91. The van der Waals surface area contributed by atoms with E-state index in [9.17, 15) is 4.79 Å². The zero-order chi connectivity index (χ0) is 17.6. The van der Waals surface area contributed by atoms with Gasteiger partial charge in [0.05, 0.1) is 12.7 Å². The van der Waals surface area contributed by atoms with Crippen LogP contribution in [-0.2, 0) is 11.3 Å². The second kappa shape index (κ2) is 7.85. The Kier molecular flexibility index (Phi) is 5.36. The minimum atomic E-state index is -0.246. The smallest absolute Gasteiger partial charge is 0.263 e. The van der Waals surface area contributed by atoms with Gasteiger partial charge in [0.2, 0.25) is 0 Å². The number of carbonyl (C=O) groups is 1. The lowest BCUT2D eigenvalue weighted by molar-refractivity contribution is -0.118. The van der Waals surface area contributed by atoms with Crippen LogP contribution in [-0.4, -0.2) is 22.3 Å².